The van der Waals surface area contributed by atoms with E-state index in [-0.39, 0.29) is 18.8 Å². The largest absolute Gasteiger partial charge is 0.466 e. The quantitative estimate of drug-likeness (QED) is 0.546. The first-order chi connectivity index (χ1) is 9.03. The zero-order valence-electron chi connectivity index (χ0n) is 11.5. The molecule has 1 rings (SSSR count). The summed E-state index contributed by atoms with van der Waals surface area (Å²) in [5.41, 5.74) is 1.33. The Bertz CT molecular complexity index is 414. The maximum Gasteiger partial charge on any atom is 0.306 e. The molecule has 0 aliphatic heterocycles. The highest BCUT2D eigenvalue weighted by Crippen LogP contribution is 2.19. The van der Waals surface area contributed by atoms with Gasteiger partial charge in [0.15, 0.2) is 0 Å². The second kappa shape index (κ2) is 8.32. The number of carbonyl (C=O) groups is 1. The molecule has 0 radical (unpaired) electrons. The predicted octanol–water partition coefficient (Wildman–Crippen LogP) is 1.75. The number of allylic oxidation sites excluding steroid dienone is 1. The Morgan fingerprint density at radius 2 is 2.21 bits per heavy atom. The lowest BCUT2D eigenvalue weighted by atomic mass is 9.97. The first-order valence-corrected chi connectivity index (χ1v) is 8.49. The van der Waals surface area contributed by atoms with Crippen molar-refractivity contribution in [2.45, 2.75) is 45.4 Å². The lowest BCUT2D eigenvalue weighted by Gasteiger charge is -2.13. The number of nitrogens with one attached hydrogen (secondary N) is 1. The van der Waals surface area contributed by atoms with E-state index in [1.807, 2.05) is 0 Å². The molecule has 5 nitrogen and oxygen atoms in total. The summed E-state index contributed by atoms with van der Waals surface area (Å²) in [6, 6.07) is 0. The molecule has 110 valence electrons. The number of ether oxygens (including phenoxy) is 1. The van der Waals surface area contributed by atoms with Crippen molar-refractivity contribution in [2.75, 3.05) is 18.9 Å². The molecule has 0 atom stereocenters. The van der Waals surface area contributed by atoms with Crippen LogP contribution >= 0.6 is 0 Å². The van der Waals surface area contributed by atoms with E-state index in [1.165, 1.54) is 18.4 Å². The number of esters is 1. The van der Waals surface area contributed by atoms with Crippen LogP contribution in [0.5, 0.6) is 0 Å². The summed E-state index contributed by atoms with van der Waals surface area (Å²) in [7, 11) is -3.37. The van der Waals surface area contributed by atoms with Gasteiger partial charge in [0.05, 0.1) is 18.8 Å². The number of sulfonamides is 1. The normalized spacial score (nSPS) is 15.9. The van der Waals surface area contributed by atoms with Gasteiger partial charge in [0.25, 0.3) is 0 Å². The van der Waals surface area contributed by atoms with Gasteiger partial charge in [-0.2, -0.15) is 0 Å². The van der Waals surface area contributed by atoms with Crippen molar-refractivity contribution in [2.24, 2.45) is 0 Å². The van der Waals surface area contributed by atoms with Gasteiger partial charge in [0, 0.05) is 6.54 Å². The van der Waals surface area contributed by atoms with E-state index in [0.717, 1.165) is 19.3 Å². The average molecular weight is 289 g/mol. The van der Waals surface area contributed by atoms with E-state index in [9.17, 15) is 13.2 Å². The van der Waals surface area contributed by atoms with Gasteiger partial charge in [-0.3, -0.25) is 4.79 Å². The molecule has 0 unspecified atom stereocenters. The smallest absolute Gasteiger partial charge is 0.306 e. The van der Waals surface area contributed by atoms with Crippen LogP contribution in [-0.4, -0.2) is 33.3 Å². The van der Waals surface area contributed by atoms with Gasteiger partial charge in [-0.1, -0.05) is 11.6 Å². The Balaban J connectivity index is 2.22. The van der Waals surface area contributed by atoms with E-state index in [4.69, 9.17) is 4.74 Å². The van der Waals surface area contributed by atoms with E-state index in [0.29, 0.717) is 6.54 Å². The highest BCUT2D eigenvalue weighted by molar-refractivity contribution is 7.89. The fourth-order valence-corrected chi connectivity index (χ4v) is 3.01. The molecular weight excluding hydrogens is 266 g/mol. The second-order valence-electron chi connectivity index (χ2n) is 4.63. The standard InChI is InChI=1S/C13H23NO4S/c1-2-18-13(15)9-11-19(16,17)14-10-8-12-6-4-3-5-7-12/h6,14H,2-5,7-11H2,1H3. The number of carbonyl (C=O) groups excluding carboxylic acids is 1. The fourth-order valence-electron chi connectivity index (χ4n) is 2.02. The Hall–Kier alpha value is -0.880. The summed E-state index contributed by atoms with van der Waals surface area (Å²) < 4.78 is 30.5. The van der Waals surface area contributed by atoms with E-state index >= 15 is 0 Å². The molecule has 0 aromatic carbocycles. The van der Waals surface area contributed by atoms with Crippen molar-refractivity contribution in [1.82, 2.24) is 4.72 Å². The van der Waals surface area contributed by atoms with Crippen molar-refractivity contribution < 1.29 is 17.9 Å². The van der Waals surface area contributed by atoms with Crippen LogP contribution in [0.15, 0.2) is 11.6 Å². The summed E-state index contributed by atoms with van der Waals surface area (Å²) in [5.74, 6) is -0.673. The van der Waals surface area contributed by atoms with Crippen LogP contribution in [0.25, 0.3) is 0 Å². The lowest BCUT2D eigenvalue weighted by Crippen LogP contribution is -2.29. The zero-order chi connectivity index (χ0) is 14.1. The molecule has 0 spiro atoms. The van der Waals surface area contributed by atoms with E-state index in [2.05, 4.69) is 10.8 Å². The monoisotopic (exact) mass is 289 g/mol. The van der Waals surface area contributed by atoms with Crippen LogP contribution in [0.3, 0.4) is 0 Å². The predicted molar refractivity (Wildman–Crippen MR) is 74.2 cm³/mol. The lowest BCUT2D eigenvalue weighted by molar-refractivity contribution is -0.142. The van der Waals surface area contributed by atoms with Gasteiger partial charge in [-0.05, 0) is 39.0 Å². The third-order valence-electron chi connectivity index (χ3n) is 3.03. The Labute approximate surface area is 115 Å². The molecule has 1 aliphatic rings. The fraction of sp³-hybridized carbons (Fsp3) is 0.769. The third-order valence-corrected chi connectivity index (χ3v) is 4.42. The van der Waals surface area contributed by atoms with Gasteiger partial charge in [-0.25, -0.2) is 13.1 Å². The Morgan fingerprint density at radius 3 is 2.84 bits per heavy atom. The van der Waals surface area contributed by atoms with Crippen molar-refractivity contribution in [3.8, 4) is 0 Å². The van der Waals surface area contributed by atoms with E-state index < -0.39 is 16.0 Å². The van der Waals surface area contributed by atoms with Crippen molar-refractivity contribution in [1.29, 1.82) is 0 Å². The topological polar surface area (TPSA) is 72.5 Å². The van der Waals surface area contributed by atoms with Crippen molar-refractivity contribution in [3.05, 3.63) is 11.6 Å². The maximum absolute atomic E-state index is 11.6. The zero-order valence-corrected chi connectivity index (χ0v) is 12.3. The minimum atomic E-state index is -3.37. The molecule has 1 N–H and O–H groups in total. The molecule has 6 heteroatoms. The van der Waals surface area contributed by atoms with Crippen molar-refractivity contribution in [3.63, 3.8) is 0 Å². The van der Waals surface area contributed by atoms with Gasteiger partial charge < -0.3 is 4.74 Å². The summed E-state index contributed by atoms with van der Waals surface area (Å²) in [6.07, 6.45) is 7.48. The van der Waals surface area contributed by atoms with Gasteiger partial charge in [-0.15, -0.1) is 0 Å². The van der Waals surface area contributed by atoms with Crippen LogP contribution in [0.2, 0.25) is 0 Å². The molecule has 1 aliphatic carbocycles. The molecule has 19 heavy (non-hydrogen) atoms. The molecular formula is C13H23NO4S. The van der Waals surface area contributed by atoms with E-state index in [1.54, 1.807) is 6.92 Å². The first-order valence-electron chi connectivity index (χ1n) is 6.84. The SMILES string of the molecule is CCOC(=O)CCS(=O)(=O)NCCC1=CCCCC1. The second-order valence-corrected chi connectivity index (χ2v) is 6.55. The Morgan fingerprint density at radius 1 is 1.42 bits per heavy atom. The number of rotatable bonds is 8. The van der Waals surface area contributed by atoms with Crippen molar-refractivity contribution >= 4 is 16.0 Å². The average Bonchev–Trinajstić information content (AvgIpc) is 2.38. The van der Waals surface area contributed by atoms with Crippen LogP contribution in [-0.2, 0) is 19.6 Å². The maximum atomic E-state index is 11.6. The molecule has 0 saturated heterocycles. The third kappa shape index (κ3) is 7.32. The molecule has 0 bridgehead atoms. The van der Waals surface area contributed by atoms with Crippen LogP contribution in [0.4, 0.5) is 0 Å². The number of hydrogen-bond donors (Lipinski definition) is 1. The molecule has 0 heterocycles. The van der Waals surface area contributed by atoms with Crippen LogP contribution in [0, 0.1) is 0 Å². The van der Waals surface area contributed by atoms with Gasteiger partial charge >= 0.3 is 5.97 Å². The summed E-state index contributed by atoms with van der Waals surface area (Å²) in [4.78, 5) is 11.1. The summed E-state index contributed by atoms with van der Waals surface area (Å²) >= 11 is 0. The molecule has 0 fully saturated rings. The highest BCUT2D eigenvalue weighted by atomic mass is 32.2. The molecule has 0 aromatic heterocycles. The summed E-state index contributed by atoms with van der Waals surface area (Å²) in [5, 5.41) is 0. The molecule has 0 saturated carbocycles. The van der Waals surface area contributed by atoms with Gasteiger partial charge in [0.2, 0.25) is 10.0 Å². The number of hydrogen-bond acceptors (Lipinski definition) is 4. The van der Waals surface area contributed by atoms with Gasteiger partial charge in [0.1, 0.15) is 0 Å². The van der Waals surface area contributed by atoms with Crippen LogP contribution < -0.4 is 4.72 Å². The Kier molecular flexibility index (Phi) is 7.09. The minimum absolute atomic E-state index is 0.0914. The molecule has 0 amide bonds. The minimum Gasteiger partial charge on any atom is -0.466 e. The highest BCUT2D eigenvalue weighted by Gasteiger charge is 2.13. The summed E-state index contributed by atoms with van der Waals surface area (Å²) in [6.45, 7) is 2.39. The first kappa shape index (κ1) is 16.2. The molecule has 0 aromatic rings. The van der Waals surface area contributed by atoms with Crippen LogP contribution in [0.1, 0.15) is 45.4 Å².